The monoisotopic (exact) mass is 555 g/mol. The van der Waals surface area contributed by atoms with Crippen LogP contribution in [0.1, 0.15) is 75.1 Å². The van der Waals surface area contributed by atoms with Gasteiger partial charge in [0.1, 0.15) is 6.04 Å². The van der Waals surface area contributed by atoms with E-state index in [0.717, 1.165) is 23.1 Å². The van der Waals surface area contributed by atoms with Crippen LogP contribution >= 0.6 is 0 Å². The second-order valence-corrected chi connectivity index (χ2v) is 11.5. The number of nitrogens with zero attached hydrogens (tertiary/aromatic N) is 1. The maximum Gasteiger partial charge on any atom is 0.316 e. The normalized spacial score (nSPS) is 20.1. The number of hydrogen-bond donors (Lipinski definition) is 1. The van der Waals surface area contributed by atoms with Crippen molar-refractivity contribution >= 4 is 17.8 Å². The number of ether oxygens (including phenoxy) is 1. The van der Waals surface area contributed by atoms with Gasteiger partial charge in [0.2, 0.25) is 0 Å². The Morgan fingerprint density at radius 3 is 1.90 bits per heavy atom. The number of rotatable bonds is 12. The average Bonchev–Trinajstić information content (AvgIpc) is 3.44. The average molecular weight is 556 g/mol. The third kappa shape index (κ3) is 5.84. The van der Waals surface area contributed by atoms with Gasteiger partial charge in [-0.1, -0.05) is 111 Å². The molecule has 0 bridgehead atoms. The maximum atomic E-state index is 14.5. The van der Waals surface area contributed by atoms with Gasteiger partial charge in [-0.15, -0.1) is 0 Å². The number of hydrogen-bond acceptors (Lipinski definition) is 4. The van der Waals surface area contributed by atoms with E-state index in [0.29, 0.717) is 38.6 Å². The van der Waals surface area contributed by atoms with E-state index in [1.807, 2.05) is 105 Å². The third-order valence-corrected chi connectivity index (χ3v) is 9.08. The van der Waals surface area contributed by atoms with E-state index in [1.54, 1.807) is 0 Å². The molecule has 4 rings (SSSR count). The number of likely N-dealkylation sites (tertiary alicyclic amines) is 1. The lowest BCUT2D eigenvalue weighted by atomic mass is 9.68. The minimum Gasteiger partial charge on any atom is -0.468 e. The molecule has 41 heavy (non-hydrogen) atoms. The van der Waals surface area contributed by atoms with Crippen molar-refractivity contribution in [1.29, 1.82) is 0 Å². The molecule has 0 spiro atoms. The van der Waals surface area contributed by atoms with Crippen molar-refractivity contribution in [3.63, 3.8) is 0 Å². The van der Waals surface area contributed by atoms with E-state index in [-0.39, 0.29) is 28.3 Å². The molecule has 6 nitrogen and oxygen atoms in total. The highest BCUT2D eigenvalue weighted by Gasteiger charge is 2.56. The smallest absolute Gasteiger partial charge is 0.316 e. The minimum atomic E-state index is -0.800. The number of primary amides is 1. The van der Waals surface area contributed by atoms with Gasteiger partial charge in [0.05, 0.1) is 25.5 Å². The quantitative estimate of drug-likeness (QED) is 0.166. The number of amides is 2. The SMILES string of the molecule is COC(=O)C(CCCCC(=O)[N@@+]1(C(c2ccccc2)c2ccccc2)CCCC1C(N)=O)(c1ccccc1)C(C)C. The highest BCUT2D eigenvalue weighted by molar-refractivity contribution is 5.84. The van der Waals surface area contributed by atoms with Gasteiger partial charge in [-0.2, -0.15) is 0 Å². The molecule has 0 radical (unpaired) electrons. The van der Waals surface area contributed by atoms with Gasteiger partial charge < -0.3 is 10.5 Å². The summed E-state index contributed by atoms with van der Waals surface area (Å²) in [6.07, 6.45) is 3.46. The summed E-state index contributed by atoms with van der Waals surface area (Å²) in [5, 5.41) is 0. The predicted molar refractivity (Wildman–Crippen MR) is 161 cm³/mol. The van der Waals surface area contributed by atoms with Crippen molar-refractivity contribution < 1.29 is 23.6 Å². The Morgan fingerprint density at radius 2 is 1.41 bits per heavy atom. The molecule has 0 aromatic heterocycles. The lowest BCUT2D eigenvalue weighted by Gasteiger charge is -2.43. The van der Waals surface area contributed by atoms with E-state index in [4.69, 9.17) is 10.5 Å². The fraction of sp³-hybridized carbons (Fsp3) is 0.400. The topological polar surface area (TPSA) is 86.5 Å². The summed E-state index contributed by atoms with van der Waals surface area (Å²) in [4.78, 5) is 40.6. The van der Waals surface area contributed by atoms with Crippen LogP contribution in [0.25, 0.3) is 0 Å². The summed E-state index contributed by atoms with van der Waals surface area (Å²) in [7, 11) is 1.44. The number of carbonyl (C=O) groups excluding carboxylic acids is 3. The molecular weight excluding hydrogens is 512 g/mol. The third-order valence-electron chi connectivity index (χ3n) is 9.08. The molecule has 0 aliphatic carbocycles. The van der Waals surface area contributed by atoms with Crippen LogP contribution in [0.3, 0.4) is 0 Å². The Kier molecular flexibility index (Phi) is 9.77. The molecule has 2 N–H and O–H groups in total. The molecule has 1 saturated heterocycles. The Morgan fingerprint density at radius 1 is 0.878 bits per heavy atom. The number of nitrogens with two attached hydrogens (primary N) is 1. The van der Waals surface area contributed by atoms with Gasteiger partial charge in [-0.05, 0) is 24.3 Å². The zero-order valence-corrected chi connectivity index (χ0v) is 24.5. The molecule has 2 amide bonds. The Balaban J connectivity index is 1.65. The summed E-state index contributed by atoms with van der Waals surface area (Å²) in [5.74, 6) is -0.655. The Bertz CT molecular complexity index is 1270. The molecule has 1 heterocycles. The lowest BCUT2D eigenvalue weighted by Crippen LogP contribution is -2.62. The highest BCUT2D eigenvalue weighted by Crippen LogP contribution is 2.44. The van der Waals surface area contributed by atoms with Crippen LogP contribution in [0, 0.1) is 5.92 Å². The van der Waals surface area contributed by atoms with Crippen LogP contribution < -0.4 is 5.73 Å². The van der Waals surface area contributed by atoms with Crippen LogP contribution in [-0.4, -0.2) is 42.0 Å². The van der Waals surface area contributed by atoms with Crippen LogP contribution in [0.5, 0.6) is 0 Å². The Labute approximate surface area is 244 Å². The maximum absolute atomic E-state index is 14.5. The summed E-state index contributed by atoms with van der Waals surface area (Å²) in [6, 6.07) is 28.8. The number of benzene rings is 3. The first kappa shape index (κ1) is 30.2. The molecule has 1 aliphatic heterocycles. The van der Waals surface area contributed by atoms with E-state index in [2.05, 4.69) is 0 Å². The number of methoxy groups -OCH3 is 1. The number of quaternary nitrogens is 1. The molecule has 1 fully saturated rings. The fourth-order valence-electron chi connectivity index (χ4n) is 7.08. The van der Waals surface area contributed by atoms with Gasteiger partial charge >= 0.3 is 11.9 Å². The molecule has 216 valence electrons. The number of unbranched alkanes of at least 4 members (excludes halogenated alkanes) is 1. The van der Waals surface area contributed by atoms with Crippen molar-refractivity contribution in [2.75, 3.05) is 13.7 Å². The highest BCUT2D eigenvalue weighted by atomic mass is 16.5. The lowest BCUT2D eigenvalue weighted by molar-refractivity contribution is -0.882. The van der Waals surface area contributed by atoms with Gasteiger partial charge in [0.25, 0.3) is 5.91 Å². The zero-order valence-electron chi connectivity index (χ0n) is 24.5. The fourth-order valence-corrected chi connectivity index (χ4v) is 7.08. The van der Waals surface area contributed by atoms with E-state index in [9.17, 15) is 14.4 Å². The minimum absolute atomic E-state index is 0.00444. The largest absolute Gasteiger partial charge is 0.468 e. The number of esters is 1. The second-order valence-electron chi connectivity index (χ2n) is 11.5. The predicted octanol–water partition coefficient (Wildman–Crippen LogP) is 6.09. The zero-order chi connectivity index (χ0) is 29.5. The first-order valence-electron chi connectivity index (χ1n) is 14.7. The van der Waals surface area contributed by atoms with E-state index in [1.165, 1.54) is 7.11 Å². The molecule has 1 aliphatic rings. The van der Waals surface area contributed by atoms with Crippen molar-refractivity contribution in [3.05, 3.63) is 108 Å². The first-order valence-corrected chi connectivity index (χ1v) is 14.7. The molecule has 0 saturated carbocycles. The van der Waals surface area contributed by atoms with Crippen LogP contribution in [0.15, 0.2) is 91.0 Å². The van der Waals surface area contributed by atoms with Crippen LogP contribution in [0.4, 0.5) is 0 Å². The van der Waals surface area contributed by atoms with Crippen LogP contribution in [-0.2, 0) is 24.5 Å². The van der Waals surface area contributed by atoms with Gasteiger partial charge in [-0.3, -0.25) is 9.59 Å². The van der Waals surface area contributed by atoms with Gasteiger partial charge in [0.15, 0.2) is 6.04 Å². The Hall–Kier alpha value is -3.77. The van der Waals surface area contributed by atoms with Crippen molar-refractivity contribution in [3.8, 4) is 0 Å². The molecule has 3 atom stereocenters. The van der Waals surface area contributed by atoms with E-state index < -0.39 is 17.4 Å². The summed E-state index contributed by atoms with van der Waals surface area (Å²) < 4.78 is 5.32. The van der Waals surface area contributed by atoms with Crippen LogP contribution in [0.2, 0.25) is 0 Å². The van der Waals surface area contributed by atoms with E-state index >= 15 is 0 Å². The van der Waals surface area contributed by atoms with Crippen molar-refractivity contribution in [2.45, 2.75) is 69.9 Å². The summed E-state index contributed by atoms with van der Waals surface area (Å²) >= 11 is 0. The number of carbonyl (C=O) groups is 3. The van der Waals surface area contributed by atoms with Crippen molar-refractivity contribution in [2.24, 2.45) is 11.7 Å². The van der Waals surface area contributed by atoms with Crippen molar-refractivity contribution in [1.82, 2.24) is 0 Å². The standard InChI is InChI=1S/C35H42N2O4/c1-26(2)35(34(40)41-3,29-20-11-6-12-21-29)24-14-13-23-31(38)37(25-15-22-30(37)33(36)39)32(27-16-7-4-8-17-27)28-18-9-5-10-19-28/h4-12,16-21,26,30,32H,13-15,22-25H2,1-3H3,(H-,36,39)/p+1/t30?,35?,37-/m1/s1. The molecule has 2 unspecified atom stereocenters. The molecule has 3 aromatic rings. The first-order chi connectivity index (χ1) is 19.8. The molecule has 6 heteroatoms. The van der Waals surface area contributed by atoms with Gasteiger partial charge in [-0.25, -0.2) is 9.28 Å². The summed E-state index contributed by atoms with van der Waals surface area (Å²) in [5.41, 5.74) is 8.12. The molecular formula is C35H43N2O4+. The molecule has 3 aromatic carbocycles. The van der Waals surface area contributed by atoms with Gasteiger partial charge in [0, 0.05) is 24.0 Å². The second kappa shape index (κ2) is 13.3. The summed E-state index contributed by atoms with van der Waals surface area (Å²) in [6.45, 7) is 4.64.